The standard InChI is InChI=1S/C28H33N5O3S2/c1-37-21-14-29-24(30-15-21)11-18-2-3-19(10-18)12-26-32-22-5-4-20(13-23(22)38-26)27(35)33-8-6-28(7-9-33)17-31-25(34)16-36-28/h4-5,13-15,18-19H,2-3,6-12,16-17H2,1H3,(H,31,34)/t18-,19-/m0/s1. The zero-order chi connectivity index (χ0) is 26.1. The van der Waals surface area contributed by atoms with Crippen LogP contribution in [0.25, 0.3) is 10.2 Å². The molecule has 3 aromatic rings. The van der Waals surface area contributed by atoms with Crippen LogP contribution in [0, 0.1) is 11.8 Å². The molecule has 2 aliphatic heterocycles. The molecule has 1 spiro atoms. The van der Waals surface area contributed by atoms with E-state index in [1.807, 2.05) is 41.7 Å². The fourth-order valence-electron chi connectivity index (χ4n) is 6.00. The van der Waals surface area contributed by atoms with Crippen LogP contribution in [0.5, 0.6) is 0 Å². The average molecular weight is 552 g/mol. The van der Waals surface area contributed by atoms with Crippen LogP contribution in [0.2, 0.25) is 0 Å². The van der Waals surface area contributed by atoms with E-state index in [4.69, 9.17) is 9.72 Å². The van der Waals surface area contributed by atoms with Crippen molar-refractivity contribution < 1.29 is 14.3 Å². The molecule has 2 saturated heterocycles. The van der Waals surface area contributed by atoms with Gasteiger partial charge in [-0.05, 0) is 68.4 Å². The Kier molecular flexibility index (Phi) is 7.37. The number of benzene rings is 1. The summed E-state index contributed by atoms with van der Waals surface area (Å²) < 4.78 is 6.93. The molecule has 2 atom stereocenters. The van der Waals surface area contributed by atoms with E-state index in [-0.39, 0.29) is 24.0 Å². The van der Waals surface area contributed by atoms with Crippen LogP contribution in [0.1, 0.15) is 53.3 Å². The molecule has 6 rings (SSSR count). The van der Waals surface area contributed by atoms with Crippen LogP contribution in [-0.2, 0) is 22.4 Å². The number of carbonyl (C=O) groups excluding carboxylic acids is 2. The van der Waals surface area contributed by atoms with Gasteiger partial charge >= 0.3 is 0 Å². The van der Waals surface area contributed by atoms with Crippen molar-refractivity contribution in [3.8, 4) is 0 Å². The van der Waals surface area contributed by atoms with Crippen LogP contribution in [0.3, 0.4) is 0 Å². The lowest BCUT2D eigenvalue weighted by molar-refractivity contribution is -0.149. The van der Waals surface area contributed by atoms with Gasteiger partial charge in [-0.15, -0.1) is 23.1 Å². The molecule has 200 valence electrons. The Hall–Kier alpha value is -2.56. The molecular weight excluding hydrogens is 518 g/mol. The van der Waals surface area contributed by atoms with Gasteiger partial charge < -0.3 is 15.0 Å². The van der Waals surface area contributed by atoms with Gasteiger partial charge in [0.25, 0.3) is 5.91 Å². The van der Waals surface area contributed by atoms with E-state index >= 15 is 0 Å². The summed E-state index contributed by atoms with van der Waals surface area (Å²) in [5, 5.41) is 4.06. The lowest BCUT2D eigenvalue weighted by Gasteiger charge is -2.43. The van der Waals surface area contributed by atoms with Crippen LogP contribution in [0.15, 0.2) is 35.5 Å². The highest BCUT2D eigenvalue weighted by molar-refractivity contribution is 7.98. The summed E-state index contributed by atoms with van der Waals surface area (Å²) in [4.78, 5) is 41.7. The van der Waals surface area contributed by atoms with E-state index in [0.717, 1.165) is 57.2 Å². The lowest BCUT2D eigenvalue weighted by Crippen LogP contribution is -2.58. The molecule has 2 amide bonds. The normalized spacial score (nSPS) is 23.2. The number of nitrogens with one attached hydrogen (secondary N) is 1. The largest absolute Gasteiger partial charge is 0.363 e. The lowest BCUT2D eigenvalue weighted by atomic mass is 9.89. The molecule has 3 fully saturated rings. The number of rotatable bonds is 6. The summed E-state index contributed by atoms with van der Waals surface area (Å²) in [7, 11) is 0. The fourth-order valence-corrected chi connectivity index (χ4v) is 7.44. The van der Waals surface area contributed by atoms with Gasteiger partial charge in [-0.25, -0.2) is 15.0 Å². The Morgan fingerprint density at radius 2 is 1.95 bits per heavy atom. The zero-order valence-electron chi connectivity index (χ0n) is 21.6. The number of thioether (sulfide) groups is 1. The van der Waals surface area contributed by atoms with Gasteiger partial charge in [-0.3, -0.25) is 9.59 Å². The molecule has 1 aromatic carbocycles. The number of piperidine rings is 1. The molecular formula is C28H33N5O3S2. The Bertz CT molecular complexity index is 1310. The first-order valence-electron chi connectivity index (χ1n) is 13.4. The number of carbonyl (C=O) groups is 2. The third kappa shape index (κ3) is 5.58. The van der Waals surface area contributed by atoms with Gasteiger partial charge in [0.15, 0.2) is 0 Å². The van der Waals surface area contributed by atoms with Crippen molar-refractivity contribution in [2.75, 3.05) is 32.5 Å². The number of morpholine rings is 1. The molecule has 2 aromatic heterocycles. The third-order valence-corrected chi connectivity index (χ3v) is 9.98. The van der Waals surface area contributed by atoms with Gasteiger partial charge in [0, 0.05) is 55.3 Å². The zero-order valence-corrected chi connectivity index (χ0v) is 23.3. The number of ether oxygens (including phenoxy) is 1. The van der Waals surface area contributed by atoms with Crippen molar-refractivity contribution in [3.63, 3.8) is 0 Å². The summed E-state index contributed by atoms with van der Waals surface area (Å²) in [5.74, 6) is 2.22. The Balaban J connectivity index is 1.04. The maximum atomic E-state index is 13.3. The third-order valence-electron chi connectivity index (χ3n) is 8.26. The molecule has 38 heavy (non-hydrogen) atoms. The first-order chi connectivity index (χ1) is 18.5. The molecule has 4 heterocycles. The van der Waals surface area contributed by atoms with Crippen LogP contribution in [-0.4, -0.2) is 69.8 Å². The topological polar surface area (TPSA) is 97.3 Å². The highest BCUT2D eigenvalue weighted by Crippen LogP contribution is 2.36. The summed E-state index contributed by atoms with van der Waals surface area (Å²) in [5.41, 5.74) is 1.36. The second-order valence-electron chi connectivity index (χ2n) is 10.8. The predicted molar refractivity (Wildman–Crippen MR) is 149 cm³/mol. The molecule has 10 heteroatoms. The Morgan fingerprint density at radius 3 is 2.66 bits per heavy atom. The minimum absolute atomic E-state index is 0.0583. The number of hydrogen-bond donors (Lipinski definition) is 1. The van der Waals surface area contributed by atoms with E-state index in [1.54, 1.807) is 23.1 Å². The number of amides is 2. The fraction of sp³-hybridized carbons (Fsp3) is 0.536. The average Bonchev–Trinajstić information content (AvgIpc) is 3.56. The molecule has 0 bridgehead atoms. The Morgan fingerprint density at radius 1 is 1.18 bits per heavy atom. The summed E-state index contributed by atoms with van der Waals surface area (Å²) in [6.45, 7) is 1.91. The smallest absolute Gasteiger partial charge is 0.253 e. The van der Waals surface area contributed by atoms with Gasteiger partial charge in [0.2, 0.25) is 5.91 Å². The highest BCUT2D eigenvalue weighted by atomic mass is 32.2. The van der Waals surface area contributed by atoms with Gasteiger partial charge in [-0.2, -0.15) is 0 Å². The van der Waals surface area contributed by atoms with Crippen molar-refractivity contribution in [1.82, 2.24) is 25.2 Å². The SMILES string of the molecule is CSc1cnc(C[C@H]2CC[C@H](Cc3nc4ccc(C(=O)N5CCC6(CC5)CNC(=O)CO6)cc4s3)C2)nc1. The van der Waals surface area contributed by atoms with Crippen molar-refractivity contribution >= 4 is 45.1 Å². The van der Waals surface area contributed by atoms with Crippen molar-refractivity contribution in [2.24, 2.45) is 11.8 Å². The quantitative estimate of drug-likeness (QED) is 0.460. The molecule has 1 saturated carbocycles. The first kappa shape index (κ1) is 25.7. The summed E-state index contributed by atoms with van der Waals surface area (Å²) in [6.07, 6.45) is 12.9. The van der Waals surface area contributed by atoms with Crippen LogP contribution < -0.4 is 5.32 Å². The number of hydrogen-bond acceptors (Lipinski definition) is 8. The number of nitrogens with zero attached hydrogens (tertiary/aromatic N) is 4. The van der Waals surface area contributed by atoms with Crippen LogP contribution >= 0.6 is 23.1 Å². The molecule has 0 unspecified atom stereocenters. The molecule has 1 aliphatic carbocycles. The summed E-state index contributed by atoms with van der Waals surface area (Å²) in [6, 6.07) is 5.90. The monoisotopic (exact) mass is 551 g/mol. The predicted octanol–water partition coefficient (Wildman–Crippen LogP) is 4.13. The van der Waals surface area contributed by atoms with Gasteiger partial charge in [0.05, 0.1) is 20.8 Å². The highest BCUT2D eigenvalue weighted by Gasteiger charge is 2.40. The Labute approximate surface area is 231 Å². The number of fused-ring (bicyclic) bond motifs is 1. The maximum Gasteiger partial charge on any atom is 0.253 e. The van der Waals surface area contributed by atoms with Gasteiger partial charge in [-0.1, -0.05) is 0 Å². The number of thiazole rings is 1. The molecule has 1 N–H and O–H groups in total. The van der Waals surface area contributed by atoms with E-state index in [0.29, 0.717) is 31.5 Å². The summed E-state index contributed by atoms with van der Waals surface area (Å²) >= 11 is 3.39. The van der Waals surface area contributed by atoms with E-state index in [2.05, 4.69) is 15.3 Å². The number of aromatic nitrogens is 3. The van der Waals surface area contributed by atoms with Crippen molar-refractivity contribution in [2.45, 2.75) is 55.4 Å². The van der Waals surface area contributed by atoms with Crippen molar-refractivity contribution in [3.05, 3.63) is 47.0 Å². The van der Waals surface area contributed by atoms with Crippen LogP contribution in [0.4, 0.5) is 0 Å². The maximum absolute atomic E-state index is 13.3. The molecule has 0 radical (unpaired) electrons. The first-order valence-corrected chi connectivity index (χ1v) is 15.5. The number of likely N-dealkylation sites (tertiary alicyclic amines) is 1. The molecule has 3 aliphatic rings. The van der Waals surface area contributed by atoms with Gasteiger partial charge in [0.1, 0.15) is 12.4 Å². The van der Waals surface area contributed by atoms with E-state index in [9.17, 15) is 9.59 Å². The second kappa shape index (κ2) is 10.9. The molecule has 8 nitrogen and oxygen atoms in total. The minimum atomic E-state index is -0.327. The second-order valence-corrected chi connectivity index (χ2v) is 12.8. The van der Waals surface area contributed by atoms with Crippen molar-refractivity contribution in [1.29, 1.82) is 0 Å². The van der Waals surface area contributed by atoms with E-state index < -0.39 is 0 Å². The minimum Gasteiger partial charge on any atom is -0.363 e. The van der Waals surface area contributed by atoms with E-state index in [1.165, 1.54) is 19.3 Å².